The van der Waals surface area contributed by atoms with Crippen molar-refractivity contribution in [1.29, 1.82) is 0 Å². The monoisotopic (exact) mass is 334 g/mol. The second-order valence-electron chi connectivity index (χ2n) is 3.84. The van der Waals surface area contributed by atoms with Crippen LogP contribution in [0.15, 0.2) is 17.0 Å². The van der Waals surface area contributed by atoms with Gasteiger partial charge in [0.1, 0.15) is 10.7 Å². The number of rotatable bonds is 5. The zero-order valence-corrected chi connectivity index (χ0v) is 11.5. The zero-order chi connectivity index (χ0) is 15.6. The van der Waals surface area contributed by atoms with Crippen molar-refractivity contribution in [2.24, 2.45) is 5.73 Å². The molecule has 0 radical (unpaired) electrons. The third-order valence-electron chi connectivity index (χ3n) is 2.29. The van der Waals surface area contributed by atoms with Crippen molar-refractivity contribution in [3.63, 3.8) is 0 Å². The maximum absolute atomic E-state index is 13.8. The van der Waals surface area contributed by atoms with E-state index in [-0.39, 0.29) is 17.1 Å². The Morgan fingerprint density at radius 2 is 1.90 bits per heavy atom. The molecule has 0 spiro atoms. The number of halogens is 5. The second kappa shape index (κ2) is 6.25. The number of nitrogens with two attached hydrogens (primary N) is 1. The summed E-state index contributed by atoms with van der Waals surface area (Å²) in [6.45, 7) is -1.19. The molecule has 0 fully saturated rings. The molecule has 3 N–H and O–H groups in total. The predicted octanol–water partition coefficient (Wildman–Crippen LogP) is 2.17. The van der Waals surface area contributed by atoms with Crippen molar-refractivity contribution in [2.75, 3.05) is 6.54 Å². The van der Waals surface area contributed by atoms with Gasteiger partial charge < -0.3 is 5.73 Å². The maximum atomic E-state index is 13.8. The SMILES string of the molecule is NCc1cc(Cl)cc(S(=O)(=O)NCCC(F)(F)F)c1F. The van der Waals surface area contributed by atoms with Crippen molar-refractivity contribution in [2.45, 2.75) is 24.0 Å². The summed E-state index contributed by atoms with van der Waals surface area (Å²) in [7, 11) is -4.43. The number of hydrogen-bond donors (Lipinski definition) is 2. The van der Waals surface area contributed by atoms with E-state index in [4.69, 9.17) is 17.3 Å². The smallest absolute Gasteiger partial charge is 0.326 e. The molecule has 1 aromatic rings. The Hall–Kier alpha value is -0.900. The van der Waals surface area contributed by atoms with Crippen LogP contribution in [-0.2, 0) is 16.6 Å². The number of alkyl halides is 3. The summed E-state index contributed by atoms with van der Waals surface area (Å²) < 4.78 is 74.8. The van der Waals surface area contributed by atoms with Crippen LogP contribution in [0, 0.1) is 5.82 Å². The summed E-state index contributed by atoms with van der Waals surface area (Å²) in [5.41, 5.74) is 5.08. The van der Waals surface area contributed by atoms with Gasteiger partial charge in [-0.05, 0) is 12.1 Å². The maximum Gasteiger partial charge on any atom is 0.390 e. The van der Waals surface area contributed by atoms with Gasteiger partial charge in [0, 0.05) is 23.7 Å². The van der Waals surface area contributed by atoms with E-state index in [1.54, 1.807) is 4.72 Å². The molecule has 0 saturated heterocycles. The fourth-order valence-corrected chi connectivity index (χ4v) is 2.85. The minimum absolute atomic E-state index is 0.0805. The summed E-state index contributed by atoms with van der Waals surface area (Å²) >= 11 is 5.62. The third-order valence-corrected chi connectivity index (χ3v) is 3.97. The predicted molar refractivity (Wildman–Crippen MR) is 65.2 cm³/mol. The van der Waals surface area contributed by atoms with Gasteiger partial charge in [-0.25, -0.2) is 17.5 Å². The molecule has 114 valence electrons. The van der Waals surface area contributed by atoms with Crippen LogP contribution in [0.4, 0.5) is 17.6 Å². The van der Waals surface area contributed by atoms with Gasteiger partial charge in [-0.1, -0.05) is 11.6 Å². The molecule has 0 heterocycles. The molecule has 10 heteroatoms. The average Bonchev–Trinajstić information content (AvgIpc) is 2.29. The van der Waals surface area contributed by atoms with Gasteiger partial charge in [-0.15, -0.1) is 0 Å². The molecule has 0 aliphatic carbocycles. The molecule has 0 saturated carbocycles. The molecule has 0 atom stereocenters. The van der Waals surface area contributed by atoms with E-state index in [9.17, 15) is 26.0 Å². The fourth-order valence-electron chi connectivity index (χ4n) is 1.37. The Kier molecular flexibility index (Phi) is 5.36. The lowest BCUT2D eigenvalue weighted by atomic mass is 10.2. The fraction of sp³-hybridized carbons (Fsp3) is 0.400. The largest absolute Gasteiger partial charge is 0.390 e. The second-order valence-corrected chi connectivity index (χ2v) is 6.02. The quantitative estimate of drug-likeness (QED) is 0.811. The summed E-state index contributed by atoms with van der Waals surface area (Å²) in [5, 5.41) is -0.0805. The first kappa shape index (κ1) is 17.2. The van der Waals surface area contributed by atoms with Gasteiger partial charge >= 0.3 is 6.18 Å². The van der Waals surface area contributed by atoms with Crippen LogP contribution in [0.5, 0.6) is 0 Å². The van der Waals surface area contributed by atoms with Crippen molar-refractivity contribution < 1.29 is 26.0 Å². The molecule has 0 aromatic heterocycles. The highest BCUT2D eigenvalue weighted by Gasteiger charge is 2.28. The zero-order valence-electron chi connectivity index (χ0n) is 9.97. The topological polar surface area (TPSA) is 72.2 Å². The van der Waals surface area contributed by atoms with Gasteiger partial charge in [0.2, 0.25) is 10.0 Å². The molecule has 1 aromatic carbocycles. The molecular weight excluding hydrogens is 324 g/mol. The van der Waals surface area contributed by atoms with Crippen LogP contribution in [0.2, 0.25) is 5.02 Å². The van der Waals surface area contributed by atoms with E-state index < -0.39 is 39.9 Å². The van der Waals surface area contributed by atoms with Gasteiger partial charge in [0.25, 0.3) is 0 Å². The molecule has 0 aliphatic heterocycles. The van der Waals surface area contributed by atoms with Crippen LogP contribution >= 0.6 is 11.6 Å². The van der Waals surface area contributed by atoms with Crippen LogP contribution in [0.3, 0.4) is 0 Å². The van der Waals surface area contributed by atoms with Crippen LogP contribution < -0.4 is 10.5 Å². The highest BCUT2D eigenvalue weighted by molar-refractivity contribution is 7.89. The van der Waals surface area contributed by atoms with E-state index in [1.807, 2.05) is 0 Å². The van der Waals surface area contributed by atoms with Gasteiger partial charge in [-0.3, -0.25) is 0 Å². The lowest BCUT2D eigenvalue weighted by Gasteiger charge is -2.11. The first-order chi connectivity index (χ1) is 9.07. The Morgan fingerprint density at radius 1 is 1.30 bits per heavy atom. The summed E-state index contributed by atoms with van der Waals surface area (Å²) in [6, 6.07) is 1.96. The Morgan fingerprint density at radius 3 is 2.40 bits per heavy atom. The van der Waals surface area contributed by atoms with E-state index in [2.05, 4.69) is 0 Å². The number of sulfonamides is 1. The molecule has 0 bridgehead atoms. The third kappa shape index (κ3) is 4.58. The first-order valence-corrected chi connectivity index (χ1v) is 7.17. The molecule has 0 unspecified atom stereocenters. The van der Waals surface area contributed by atoms with Crippen LogP contribution in [0.1, 0.15) is 12.0 Å². The van der Waals surface area contributed by atoms with Crippen LogP contribution in [0.25, 0.3) is 0 Å². The molecule has 0 amide bonds. The standard InChI is InChI=1S/C10H11ClF4N2O2S/c11-7-3-6(5-16)9(12)8(4-7)20(18,19)17-2-1-10(13,14)15/h3-4,17H,1-2,5,16H2. The molecule has 4 nitrogen and oxygen atoms in total. The van der Waals surface area contributed by atoms with E-state index in [1.165, 1.54) is 0 Å². The van der Waals surface area contributed by atoms with Crippen LogP contribution in [-0.4, -0.2) is 21.1 Å². The first-order valence-electron chi connectivity index (χ1n) is 5.31. The number of benzene rings is 1. The average molecular weight is 335 g/mol. The lowest BCUT2D eigenvalue weighted by molar-refractivity contribution is -0.132. The summed E-state index contributed by atoms with van der Waals surface area (Å²) in [6.07, 6.45) is -5.88. The number of nitrogens with one attached hydrogen (secondary N) is 1. The van der Waals surface area contributed by atoms with Crippen molar-refractivity contribution in [3.05, 3.63) is 28.5 Å². The summed E-state index contributed by atoms with van der Waals surface area (Å²) in [4.78, 5) is -0.826. The highest BCUT2D eigenvalue weighted by Crippen LogP contribution is 2.24. The minimum atomic E-state index is -4.52. The highest BCUT2D eigenvalue weighted by atomic mass is 35.5. The van der Waals surface area contributed by atoms with E-state index in [0.717, 1.165) is 12.1 Å². The van der Waals surface area contributed by atoms with Gasteiger partial charge in [0.15, 0.2) is 0 Å². The molecule has 20 heavy (non-hydrogen) atoms. The molecule has 1 rings (SSSR count). The lowest BCUT2D eigenvalue weighted by Crippen LogP contribution is -2.29. The minimum Gasteiger partial charge on any atom is -0.326 e. The Bertz CT molecular complexity index is 590. The summed E-state index contributed by atoms with van der Waals surface area (Å²) in [5.74, 6) is -1.13. The van der Waals surface area contributed by atoms with Crippen molar-refractivity contribution in [1.82, 2.24) is 4.72 Å². The molecular formula is C10H11ClF4N2O2S. The Labute approximate surface area is 118 Å². The normalized spacial score (nSPS) is 12.7. The molecule has 0 aliphatic rings. The Balaban J connectivity index is 3.01. The van der Waals surface area contributed by atoms with E-state index in [0.29, 0.717) is 0 Å². The van der Waals surface area contributed by atoms with E-state index >= 15 is 0 Å². The van der Waals surface area contributed by atoms with Crippen molar-refractivity contribution in [3.8, 4) is 0 Å². The van der Waals surface area contributed by atoms with Crippen molar-refractivity contribution >= 4 is 21.6 Å². The van der Waals surface area contributed by atoms with Gasteiger partial charge in [-0.2, -0.15) is 13.2 Å². The number of hydrogen-bond acceptors (Lipinski definition) is 3. The van der Waals surface area contributed by atoms with Gasteiger partial charge in [0.05, 0.1) is 6.42 Å².